The molecule has 1 saturated carbocycles. The first-order valence-corrected chi connectivity index (χ1v) is 6.19. The van der Waals surface area contributed by atoms with Crippen molar-refractivity contribution in [1.82, 2.24) is 5.32 Å². The Labute approximate surface area is 102 Å². The standard InChI is InChI=1S/C12H23N3O2/c1-8(2)9(10(13)15-17)11(16)14-12(3)6-4-5-7-12/h8-9,17H,4-7H2,1-3H3,(H2,13,15)(H,14,16). The summed E-state index contributed by atoms with van der Waals surface area (Å²) in [5.74, 6) is -0.702. The van der Waals surface area contributed by atoms with Crippen molar-refractivity contribution in [1.29, 1.82) is 0 Å². The molecule has 0 bridgehead atoms. The number of nitrogens with zero attached hydrogens (tertiary/aromatic N) is 1. The van der Waals surface area contributed by atoms with Gasteiger partial charge >= 0.3 is 0 Å². The Morgan fingerprint density at radius 1 is 1.41 bits per heavy atom. The number of amidine groups is 1. The fourth-order valence-corrected chi connectivity index (χ4v) is 2.50. The fraction of sp³-hybridized carbons (Fsp3) is 0.833. The molecule has 1 unspecified atom stereocenters. The van der Waals surface area contributed by atoms with E-state index in [9.17, 15) is 4.79 Å². The maximum Gasteiger partial charge on any atom is 0.231 e. The van der Waals surface area contributed by atoms with Crippen molar-refractivity contribution in [2.45, 2.75) is 52.0 Å². The Morgan fingerprint density at radius 2 is 1.94 bits per heavy atom. The first kappa shape index (κ1) is 13.8. The van der Waals surface area contributed by atoms with Crippen LogP contribution in [0.5, 0.6) is 0 Å². The van der Waals surface area contributed by atoms with Gasteiger partial charge in [0.05, 0.1) is 0 Å². The van der Waals surface area contributed by atoms with Crippen molar-refractivity contribution in [3.05, 3.63) is 0 Å². The van der Waals surface area contributed by atoms with Gasteiger partial charge in [0.15, 0.2) is 5.84 Å². The van der Waals surface area contributed by atoms with Crippen LogP contribution in [-0.4, -0.2) is 22.5 Å². The average Bonchev–Trinajstić information content (AvgIpc) is 2.63. The van der Waals surface area contributed by atoms with E-state index in [4.69, 9.17) is 10.9 Å². The molecule has 4 N–H and O–H groups in total. The van der Waals surface area contributed by atoms with Crippen LogP contribution in [0.3, 0.4) is 0 Å². The second kappa shape index (κ2) is 5.38. The molecule has 1 aliphatic rings. The van der Waals surface area contributed by atoms with E-state index in [1.54, 1.807) is 0 Å². The lowest BCUT2D eigenvalue weighted by molar-refractivity contribution is -0.125. The summed E-state index contributed by atoms with van der Waals surface area (Å²) >= 11 is 0. The molecule has 1 rings (SSSR count). The summed E-state index contributed by atoms with van der Waals surface area (Å²) in [4.78, 5) is 12.2. The van der Waals surface area contributed by atoms with E-state index in [0.717, 1.165) is 25.7 Å². The molecule has 1 atom stereocenters. The maximum absolute atomic E-state index is 12.2. The lowest BCUT2D eigenvalue weighted by Crippen LogP contribution is -2.50. The molecular formula is C12H23N3O2. The van der Waals surface area contributed by atoms with E-state index >= 15 is 0 Å². The third-order valence-corrected chi connectivity index (χ3v) is 3.52. The largest absolute Gasteiger partial charge is 0.409 e. The molecule has 0 spiro atoms. The lowest BCUT2D eigenvalue weighted by Gasteiger charge is -2.29. The number of nitrogens with one attached hydrogen (secondary N) is 1. The van der Waals surface area contributed by atoms with Gasteiger partial charge in [0.2, 0.25) is 5.91 Å². The number of carbonyl (C=O) groups is 1. The van der Waals surface area contributed by atoms with Crippen LogP contribution >= 0.6 is 0 Å². The monoisotopic (exact) mass is 241 g/mol. The molecule has 0 radical (unpaired) electrons. The number of hydrogen-bond acceptors (Lipinski definition) is 3. The second-order valence-electron chi connectivity index (χ2n) is 5.50. The second-order valence-corrected chi connectivity index (χ2v) is 5.50. The van der Waals surface area contributed by atoms with Crippen molar-refractivity contribution >= 4 is 11.7 Å². The summed E-state index contributed by atoms with van der Waals surface area (Å²) < 4.78 is 0. The molecule has 1 amide bonds. The third-order valence-electron chi connectivity index (χ3n) is 3.52. The molecule has 0 aliphatic heterocycles. The molecule has 0 saturated heterocycles. The Hall–Kier alpha value is -1.26. The summed E-state index contributed by atoms with van der Waals surface area (Å²) in [6, 6.07) is 0. The quantitative estimate of drug-likeness (QED) is 0.301. The number of carbonyl (C=O) groups excluding carboxylic acids is 1. The minimum Gasteiger partial charge on any atom is -0.409 e. The number of rotatable bonds is 4. The first-order valence-electron chi connectivity index (χ1n) is 6.19. The summed E-state index contributed by atoms with van der Waals surface area (Å²) in [5.41, 5.74) is 5.45. The van der Waals surface area contributed by atoms with Crippen LogP contribution < -0.4 is 11.1 Å². The van der Waals surface area contributed by atoms with Crippen LogP contribution in [0, 0.1) is 11.8 Å². The molecule has 17 heavy (non-hydrogen) atoms. The van der Waals surface area contributed by atoms with Crippen LogP contribution in [-0.2, 0) is 4.79 Å². The molecule has 0 aromatic carbocycles. The van der Waals surface area contributed by atoms with Crippen LogP contribution in [0.2, 0.25) is 0 Å². The normalized spacial score (nSPS) is 21.5. The molecule has 0 aromatic heterocycles. The summed E-state index contributed by atoms with van der Waals surface area (Å²) in [6.07, 6.45) is 4.29. The van der Waals surface area contributed by atoms with Gasteiger partial charge in [-0.2, -0.15) is 0 Å². The van der Waals surface area contributed by atoms with Crippen molar-refractivity contribution in [3.63, 3.8) is 0 Å². The molecule has 1 aliphatic carbocycles. The van der Waals surface area contributed by atoms with Crippen molar-refractivity contribution in [3.8, 4) is 0 Å². The van der Waals surface area contributed by atoms with Gasteiger partial charge in [-0.25, -0.2) is 0 Å². The van der Waals surface area contributed by atoms with E-state index in [1.165, 1.54) is 0 Å². The van der Waals surface area contributed by atoms with Gasteiger partial charge in [-0.1, -0.05) is 31.8 Å². The summed E-state index contributed by atoms with van der Waals surface area (Å²) in [6.45, 7) is 5.83. The highest BCUT2D eigenvalue weighted by molar-refractivity contribution is 6.02. The number of oxime groups is 1. The van der Waals surface area contributed by atoms with Gasteiger partial charge in [-0.3, -0.25) is 4.79 Å². The predicted molar refractivity (Wildman–Crippen MR) is 66.8 cm³/mol. The third kappa shape index (κ3) is 3.35. The number of hydrogen-bond donors (Lipinski definition) is 3. The van der Waals surface area contributed by atoms with Gasteiger partial charge in [0.25, 0.3) is 0 Å². The predicted octanol–water partition coefficient (Wildman–Crippen LogP) is 1.45. The van der Waals surface area contributed by atoms with Crippen LogP contribution in [0.25, 0.3) is 0 Å². The minimum absolute atomic E-state index is 0.0101. The zero-order valence-corrected chi connectivity index (χ0v) is 10.9. The molecule has 5 nitrogen and oxygen atoms in total. The SMILES string of the molecule is CC(C)C(C(=O)NC1(C)CCCC1)C(N)=NO. The van der Waals surface area contributed by atoms with Gasteiger partial charge in [-0.15, -0.1) is 0 Å². The van der Waals surface area contributed by atoms with E-state index in [2.05, 4.69) is 17.4 Å². The minimum atomic E-state index is -0.558. The Morgan fingerprint density at radius 3 is 2.35 bits per heavy atom. The van der Waals surface area contributed by atoms with Gasteiger partial charge in [0, 0.05) is 5.54 Å². The van der Waals surface area contributed by atoms with Crippen LogP contribution in [0.4, 0.5) is 0 Å². The molecule has 0 heterocycles. The Kier molecular flexibility index (Phi) is 4.37. The Balaban J connectivity index is 2.72. The van der Waals surface area contributed by atoms with E-state index in [1.807, 2.05) is 13.8 Å². The highest BCUT2D eigenvalue weighted by Crippen LogP contribution is 2.29. The van der Waals surface area contributed by atoms with Crippen LogP contribution in [0.15, 0.2) is 5.16 Å². The zero-order chi connectivity index (χ0) is 13.1. The highest BCUT2D eigenvalue weighted by Gasteiger charge is 2.35. The number of nitrogens with two attached hydrogens (primary N) is 1. The smallest absolute Gasteiger partial charge is 0.231 e. The Bertz CT molecular complexity index is 307. The first-order chi connectivity index (χ1) is 7.89. The van der Waals surface area contributed by atoms with Crippen molar-refractivity contribution in [2.75, 3.05) is 0 Å². The topological polar surface area (TPSA) is 87.7 Å². The highest BCUT2D eigenvalue weighted by atomic mass is 16.4. The van der Waals surface area contributed by atoms with Gasteiger partial charge in [0.1, 0.15) is 5.92 Å². The molecular weight excluding hydrogens is 218 g/mol. The van der Waals surface area contributed by atoms with Crippen molar-refractivity contribution < 1.29 is 10.0 Å². The fourth-order valence-electron chi connectivity index (χ4n) is 2.50. The van der Waals surface area contributed by atoms with E-state index in [0.29, 0.717) is 0 Å². The molecule has 5 heteroatoms. The van der Waals surface area contributed by atoms with Crippen molar-refractivity contribution in [2.24, 2.45) is 22.7 Å². The molecule has 0 aromatic rings. The van der Waals surface area contributed by atoms with E-state index < -0.39 is 5.92 Å². The van der Waals surface area contributed by atoms with Gasteiger partial charge < -0.3 is 16.3 Å². The molecule has 1 fully saturated rings. The zero-order valence-electron chi connectivity index (χ0n) is 10.9. The van der Waals surface area contributed by atoms with E-state index in [-0.39, 0.29) is 23.2 Å². The van der Waals surface area contributed by atoms with Crippen LogP contribution in [0.1, 0.15) is 46.5 Å². The molecule has 98 valence electrons. The lowest BCUT2D eigenvalue weighted by atomic mass is 9.91. The summed E-state index contributed by atoms with van der Waals surface area (Å²) in [5, 5.41) is 14.7. The summed E-state index contributed by atoms with van der Waals surface area (Å²) in [7, 11) is 0. The average molecular weight is 241 g/mol. The van der Waals surface area contributed by atoms with Gasteiger partial charge in [-0.05, 0) is 25.7 Å². The maximum atomic E-state index is 12.2. The number of amides is 1.